The molecule has 0 N–H and O–H groups in total. The molecular formula is C30H36N4. The molecule has 34 heavy (non-hydrogen) atoms. The van der Waals surface area contributed by atoms with Gasteiger partial charge in [0, 0.05) is 0 Å². The van der Waals surface area contributed by atoms with Crippen LogP contribution in [0.1, 0.15) is 96.3 Å². The van der Waals surface area contributed by atoms with Crippen LogP contribution in [-0.2, 0) is 0 Å². The van der Waals surface area contributed by atoms with Crippen molar-refractivity contribution in [2.45, 2.75) is 102 Å². The zero-order valence-electron chi connectivity index (χ0n) is 20.4. The fraction of sp³-hybridized carbons (Fsp3) is 0.600. The van der Waals surface area contributed by atoms with Gasteiger partial charge in [0.05, 0.1) is 18.2 Å². The monoisotopic (exact) mass is 452 g/mol. The molecule has 0 unspecified atom stereocenters. The van der Waals surface area contributed by atoms with Crippen LogP contribution in [-0.4, -0.2) is 5.66 Å². The maximum Gasteiger partial charge on any atom is 0.509 e. The molecule has 4 nitrogen and oxygen atoms in total. The van der Waals surface area contributed by atoms with Gasteiger partial charge in [0.15, 0.2) is 0 Å². The molecule has 4 aliphatic rings. The van der Waals surface area contributed by atoms with Crippen LogP contribution in [0, 0.1) is 42.9 Å². The first-order valence-corrected chi connectivity index (χ1v) is 12.9. The van der Waals surface area contributed by atoms with E-state index in [1.807, 2.05) is 0 Å². The van der Waals surface area contributed by atoms with Crippen molar-refractivity contribution in [3.05, 3.63) is 81.0 Å². The van der Waals surface area contributed by atoms with Gasteiger partial charge >= 0.3 is 5.66 Å². The van der Waals surface area contributed by atoms with Gasteiger partial charge in [-0.2, -0.15) is 0 Å². The molecule has 2 fully saturated rings. The molecule has 4 rings (SSSR count). The number of nitriles is 1. The highest BCUT2D eigenvalue weighted by Gasteiger charge is 2.49. The van der Waals surface area contributed by atoms with Crippen LogP contribution in [0.4, 0.5) is 0 Å². The molecule has 4 heteroatoms. The minimum Gasteiger partial charge on any atom is -0.227 e. The summed E-state index contributed by atoms with van der Waals surface area (Å²) in [6.45, 7) is 26.2. The third-order valence-corrected chi connectivity index (χ3v) is 7.99. The van der Waals surface area contributed by atoms with Gasteiger partial charge in [-0.1, -0.05) is 42.7 Å². The van der Waals surface area contributed by atoms with Gasteiger partial charge in [-0.15, -0.1) is 0 Å². The summed E-state index contributed by atoms with van der Waals surface area (Å²) in [5, 5.41) is 9.02. The maximum atomic E-state index is 9.02. The van der Waals surface area contributed by atoms with E-state index in [9.17, 15) is 0 Å². The Morgan fingerprint density at radius 3 is 2.24 bits per heavy atom. The summed E-state index contributed by atoms with van der Waals surface area (Å²) in [5.74, 6) is 0.970. The van der Waals surface area contributed by atoms with Crippen LogP contribution >= 0.6 is 0 Å². The maximum absolute atomic E-state index is 9.02. The summed E-state index contributed by atoms with van der Waals surface area (Å²) in [5.41, 5.74) is 4.33. The molecule has 2 saturated carbocycles. The number of hydrogen-bond donors (Lipinski definition) is 0. The Morgan fingerprint density at radius 1 is 0.912 bits per heavy atom. The third kappa shape index (κ3) is 5.88. The first kappa shape index (κ1) is 25.5. The van der Waals surface area contributed by atoms with Gasteiger partial charge in [-0.3, -0.25) is 0 Å². The molecule has 0 heterocycles. The van der Waals surface area contributed by atoms with Crippen LogP contribution in [0.2, 0.25) is 0 Å². The lowest BCUT2D eigenvalue weighted by atomic mass is 9.74. The van der Waals surface area contributed by atoms with Crippen molar-refractivity contribution in [1.82, 2.24) is 0 Å². The van der Waals surface area contributed by atoms with Gasteiger partial charge in [-0.05, 0) is 94.5 Å². The molecule has 0 radical (unpaired) electrons. The van der Waals surface area contributed by atoms with Crippen LogP contribution in [0.15, 0.2) is 46.7 Å². The highest BCUT2D eigenvalue weighted by molar-refractivity contribution is 5.37. The smallest absolute Gasteiger partial charge is 0.227 e. The number of allylic oxidation sites excluding steroid dienone is 5. The van der Waals surface area contributed by atoms with Crippen molar-refractivity contribution in [3.8, 4) is 6.07 Å². The second-order valence-corrected chi connectivity index (χ2v) is 10.1. The second-order valence-electron chi connectivity index (χ2n) is 10.1. The first-order chi connectivity index (χ1) is 16.6. The van der Waals surface area contributed by atoms with Crippen molar-refractivity contribution in [2.75, 3.05) is 0 Å². The fourth-order valence-corrected chi connectivity index (χ4v) is 6.15. The van der Waals surface area contributed by atoms with E-state index in [1.165, 1.54) is 43.3 Å². The van der Waals surface area contributed by atoms with E-state index in [0.717, 1.165) is 68.9 Å². The lowest BCUT2D eigenvalue weighted by Crippen LogP contribution is -2.23. The van der Waals surface area contributed by atoms with Crippen LogP contribution in [0.5, 0.6) is 0 Å². The standard InChI is InChI=1S/2C15H18N2/c1-11-6-3-4-7-12(11)13-8-5-9-14(13)15(10-16)17-2;1-16-15(17-2,14-10-6-7-11-14)12-13-8-4-3-5-9-13/h12-13H,1,3-9H2;8,10H,3-7,9,11-12H2/b15-14+;/t12-,13+;/m0./s1. The molecule has 0 aromatic heterocycles. The minimum atomic E-state index is -0.903. The first-order valence-electron chi connectivity index (χ1n) is 12.9. The molecule has 0 amide bonds. The highest BCUT2D eigenvalue weighted by Crippen LogP contribution is 2.45. The lowest BCUT2D eigenvalue weighted by Gasteiger charge is -2.31. The van der Waals surface area contributed by atoms with E-state index >= 15 is 0 Å². The Kier molecular flexibility index (Phi) is 9.32. The van der Waals surface area contributed by atoms with E-state index in [4.69, 9.17) is 25.0 Å². The molecule has 0 aromatic carbocycles. The summed E-state index contributed by atoms with van der Waals surface area (Å²) >= 11 is 0. The van der Waals surface area contributed by atoms with Crippen molar-refractivity contribution < 1.29 is 0 Å². The van der Waals surface area contributed by atoms with E-state index in [2.05, 4.69) is 39.3 Å². The SMILES string of the molecule is [C-]#[N+]/C(C#N)=C1\CCC[C@@H]1[C@H]1CCCCC1=C.[C-]#[N+]C(CC1=CCCCC1)([N+]#[C-])C1=CCCC1. The van der Waals surface area contributed by atoms with Crippen molar-refractivity contribution in [1.29, 1.82) is 5.26 Å². The fourth-order valence-electron chi connectivity index (χ4n) is 6.15. The molecule has 4 aliphatic carbocycles. The largest absolute Gasteiger partial charge is 0.509 e. The summed E-state index contributed by atoms with van der Waals surface area (Å²) < 4.78 is 0. The molecule has 176 valence electrons. The average Bonchev–Trinajstić information content (AvgIpc) is 3.58. The predicted molar refractivity (Wildman–Crippen MR) is 137 cm³/mol. The van der Waals surface area contributed by atoms with E-state index in [1.54, 1.807) is 0 Å². The van der Waals surface area contributed by atoms with Crippen LogP contribution in [0.25, 0.3) is 14.5 Å². The molecule has 0 spiro atoms. The molecular weight excluding hydrogens is 416 g/mol. The number of hydrogen-bond acceptors (Lipinski definition) is 1. The summed E-state index contributed by atoms with van der Waals surface area (Å²) in [7, 11) is 0. The average molecular weight is 453 g/mol. The Hall–Kier alpha value is -3.08. The summed E-state index contributed by atoms with van der Waals surface area (Å²) in [6, 6.07) is 2.07. The number of rotatable bonds is 4. The van der Waals surface area contributed by atoms with Gasteiger partial charge in [-0.25, -0.2) is 32.9 Å². The van der Waals surface area contributed by atoms with Crippen molar-refractivity contribution in [3.63, 3.8) is 0 Å². The highest BCUT2D eigenvalue weighted by atomic mass is 15.0. The summed E-state index contributed by atoms with van der Waals surface area (Å²) in [4.78, 5) is 10.8. The Bertz CT molecular complexity index is 998. The lowest BCUT2D eigenvalue weighted by molar-refractivity contribution is 0.357. The van der Waals surface area contributed by atoms with E-state index in [-0.39, 0.29) is 0 Å². The Morgan fingerprint density at radius 2 is 1.65 bits per heavy atom. The molecule has 0 bridgehead atoms. The van der Waals surface area contributed by atoms with Gasteiger partial charge in [0.25, 0.3) is 5.70 Å². The second kappa shape index (κ2) is 12.4. The topological polar surface area (TPSA) is 36.9 Å². The van der Waals surface area contributed by atoms with Gasteiger partial charge < -0.3 is 0 Å². The van der Waals surface area contributed by atoms with Crippen LogP contribution < -0.4 is 0 Å². The van der Waals surface area contributed by atoms with Crippen LogP contribution in [0.3, 0.4) is 0 Å². The van der Waals surface area contributed by atoms with E-state index < -0.39 is 5.66 Å². The van der Waals surface area contributed by atoms with Gasteiger partial charge in [0.1, 0.15) is 6.42 Å². The normalized spacial score (nSPS) is 25.9. The third-order valence-electron chi connectivity index (χ3n) is 7.99. The predicted octanol–water partition coefficient (Wildman–Crippen LogP) is 8.75. The zero-order chi connectivity index (χ0) is 24.4. The summed E-state index contributed by atoms with van der Waals surface area (Å²) in [6.07, 6.45) is 20.9. The van der Waals surface area contributed by atoms with Crippen molar-refractivity contribution >= 4 is 0 Å². The number of nitrogens with zero attached hydrogens (tertiary/aromatic N) is 4. The van der Waals surface area contributed by atoms with Crippen molar-refractivity contribution in [2.24, 2.45) is 11.8 Å². The molecule has 0 aliphatic heterocycles. The molecule has 2 atom stereocenters. The quantitative estimate of drug-likeness (QED) is 0.239. The molecule has 0 saturated heterocycles. The Balaban J connectivity index is 0.000000191. The van der Waals surface area contributed by atoms with E-state index in [0.29, 0.717) is 24.0 Å². The Labute approximate surface area is 206 Å². The minimum absolute atomic E-state index is 0.353. The zero-order valence-corrected chi connectivity index (χ0v) is 20.4. The molecule has 0 aromatic rings. The van der Waals surface area contributed by atoms with Gasteiger partial charge in [0.2, 0.25) is 0 Å².